The third kappa shape index (κ3) is 6.68. The molecule has 0 aromatic heterocycles. The molecule has 4 nitrogen and oxygen atoms in total. The van der Waals surface area contributed by atoms with Crippen molar-refractivity contribution in [1.29, 1.82) is 0 Å². The Balaban J connectivity index is 3.00. The van der Waals surface area contributed by atoms with E-state index in [0.29, 0.717) is 13.5 Å². The van der Waals surface area contributed by atoms with Gasteiger partial charge in [-0.2, -0.15) is 0 Å². The topological polar surface area (TPSA) is 42.5 Å². The highest BCUT2D eigenvalue weighted by Crippen LogP contribution is 2.29. The number of ether oxygens (including phenoxy) is 2. The summed E-state index contributed by atoms with van der Waals surface area (Å²) in [7, 11) is 2.33. The zero-order chi connectivity index (χ0) is 7.82. The first-order chi connectivity index (χ1) is 4.81. The van der Waals surface area contributed by atoms with Crippen molar-refractivity contribution in [3.63, 3.8) is 0 Å². The summed E-state index contributed by atoms with van der Waals surface area (Å²) >= 11 is 5.72. The zero-order valence-corrected chi connectivity index (χ0v) is 7.71. The Morgan fingerprint density at radius 2 is 1.60 bits per heavy atom. The van der Waals surface area contributed by atoms with Crippen molar-refractivity contribution in [1.82, 2.24) is 10.2 Å². The highest BCUT2D eigenvalue weighted by atomic mass is 35.7. The van der Waals surface area contributed by atoms with E-state index >= 15 is 0 Å². The van der Waals surface area contributed by atoms with Crippen LogP contribution < -0.4 is 10.2 Å². The van der Waals surface area contributed by atoms with Gasteiger partial charge in [0.25, 0.3) is 0 Å². The molecule has 0 aliphatic heterocycles. The first-order valence-electron chi connectivity index (χ1n) is 2.72. The van der Waals surface area contributed by atoms with Crippen molar-refractivity contribution in [2.45, 2.75) is 0 Å². The summed E-state index contributed by atoms with van der Waals surface area (Å²) in [6.45, 7) is 0.901. The molecule has 0 amide bonds. The first-order valence-corrected chi connectivity index (χ1v) is 4.96. The lowest BCUT2D eigenvalue weighted by molar-refractivity contribution is 0.188. The molecule has 0 heterocycles. The summed E-state index contributed by atoms with van der Waals surface area (Å²) in [6, 6.07) is 0. The van der Waals surface area contributed by atoms with Gasteiger partial charge >= 0.3 is 0 Å². The summed E-state index contributed by atoms with van der Waals surface area (Å²) in [6.07, 6.45) is 0. The van der Waals surface area contributed by atoms with Crippen LogP contribution in [0.2, 0.25) is 0 Å². The van der Waals surface area contributed by atoms with Crippen molar-refractivity contribution < 1.29 is 9.47 Å². The Labute approximate surface area is 66.9 Å². The van der Waals surface area contributed by atoms with Crippen LogP contribution in [0.5, 0.6) is 0 Å². The van der Waals surface area contributed by atoms with Crippen LogP contribution in [0.25, 0.3) is 0 Å². The minimum atomic E-state index is -0.870. The van der Waals surface area contributed by atoms with Crippen molar-refractivity contribution >= 4 is 18.8 Å². The maximum atomic E-state index is 5.72. The van der Waals surface area contributed by atoms with Crippen molar-refractivity contribution in [3.8, 4) is 0 Å². The lowest BCUT2D eigenvalue weighted by Gasteiger charge is -2.10. The summed E-state index contributed by atoms with van der Waals surface area (Å²) in [5.41, 5.74) is 0. The predicted octanol–water partition coefficient (Wildman–Crippen LogP) is 0.839. The van der Waals surface area contributed by atoms with Gasteiger partial charge in [-0.05, 0) is 0 Å². The standard InChI is InChI=1S/C4H12ClN2O2P/c1-8-3-6-10(5)7-4-9-2/h6-7H,3-4H2,1-2H3. The van der Waals surface area contributed by atoms with E-state index in [-0.39, 0.29) is 0 Å². The minimum absolute atomic E-state index is 0.450. The molecule has 0 saturated carbocycles. The van der Waals surface area contributed by atoms with Gasteiger partial charge in [0.15, 0.2) is 0 Å². The van der Waals surface area contributed by atoms with Gasteiger partial charge in [0, 0.05) is 14.2 Å². The molecule has 0 radical (unpaired) electrons. The van der Waals surface area contributed by atoms with Gasteiger partial charge in [-0.3, -0.25) is 0 Å². The number of nitrogens with one attached hydrogen (secondary N) is 2. The maximum absolute atomic E-state index is 5.72. The third-order valence-electron chi connectivity index (χ3n) is 0.695. The van der Waals surface area contributed by atoms with E-state index in [1.807, 2.05) is 0 Å². The molecule has 10 heavy (non-hydrogen) atoms. The molecule has 0 fully saturated rings. The van der Waals surface area contributed by atoms with Crippen LogP contribution in [-0.2, 0) is 9.47 Å². The van der Waals surface area contributed by atoms with E-state index in [4.69, 9.17) is 20.7 Å². The van der Waals surface area contributed by atoms with Crippen molar-refractivity contribution in [2.75, 3.05) is 27.7 Å². The molecule has 0 aromatic carbocycles. The second-order valence-electron chi connectivity index (χ2n) is 1.46. The summed E-state index contributed by atoms with van der Waals surface area (Å²) < 4.78 is 9.46. The number of methoxy groups -OCH3 is 2. The first kappa shape index (κ1) is 10.6. The Hall–Kier alpha value is 0.560. The normalized spacial score (nSPS) is 10.8. The van der Waals surface area contributed by atoms with Gasteiger partial charge in [-0.25, -0.2) is 10.2 Å². The predicted molar refractivity (Wildman–Crippen MR) is 42.8 cm³/mol. The smallest absolute Gasteiger partial charge is 0.138 e. The number of hydrogen-bond donors (Lipinski definition) is 2. The fourth-order valence-corrected chi connectivity index (χ4v) is 1.19. The molecule has 0 aliphatic rings. The summed E-state index contributed by atoms with van der Waals surface area (Å²) in [4.78, 5) is 0. The van der Waals surface area contributed by atoms with E-state index in [1.165, 1.54) is 0 Å². The molecule has 0 saturated heterocycles. The monoisotopic (exact) mass is 186 g/mol. The van der Waals surface area contributed by atoms with Crippen molar-refractivity contribution in [3.05, 3.63) is 0 Å². The fraction of sp³-hybridized carbons (Fsp3) is 1.00. The van der Waals surface area contributed by atoms with E-state index < -0.39 is 7.58 Å². The van der Waals surface area contributed by atoms with Gasteiger partial charge in [0.05, 0.1) is 0 Å². The number of halogens is 1. The van der Waals surface area contributed by atoms with Crippen LogP contribution in [-0.4, -0.2) is 27.7 Å². The van der Waals surface area contributed by atoms with Crippen LogP contribution in [0.1, 0.15) is 0 Å². The molecular formula is C4H12ClN2O2P. The van der Waals surface area contributed by atoms with Gasteiger partial charge < -0.3 is 9.47 Å². The molecular weight excluding hydrogens is 174 g/mol. The fourth-order valence-electron chi connectivity index (χ4n) is 0.298. The second-order valence-corrected chi connectivity index (χ2v) is 3.67. The molecule has 62 valence electrons. The highest BCUT2D eigenvalue weighted by molar-refractivity contribution is 7.80. The summed E-state index contributed by atoms with van der Waals surface area (Å²) in [5.74, 6) is 0. The van der Waals surface area contributed by atoms with Crippen molar-refractivity contribution in [2.24, 2.45) is 0 Å². The molecule has 0 aromatic rings. The molecule has 2 N–H and O–H groups in total. The number of rotatable bonds is 6. The van der Waals surface area contributed by atoms with Crippen LogP contribution >= 0.6 is 18.8 Å². The highest BCUT2D eigenvalue weighted by Gasteiger charge is 1.99. The van der Waals surface area contributed by atoms with Gasteiger partial charge in [0.2, 0.25) is 0 Å². The Morgan fingerprint density at radius 1 is 1.20 bits per heavy atom. The molecule has 0 aliphatic carbocycles. The third-order valence-corrected chi connectivity index (χ3v) is 2.23. The van der Waals surface area contributed by atoms with Gasteiger partial charge in [-0.1, -0.05) is 11.2 Å². The SMILES string of the molecule is COCNP(Cl)NCOC. The van der Waals surface area contributed by atoms with Crippen LogP contribution in [0.4, 0.5) is 0 Å². The average molecular weight is 187 g/mol. The summed E-state index contributed by atoms with van der Waals surface area (Å²) in [5, 5.41) is 5.77. The van der Waals surface area contributed by atoms with E-state index in [9.17, 15) is 0 Å². The quantitative estimate of drug-likeness (QED) is 0.477. The Morgan fingerprint density at radius 3 is 1.90 bits per heavy atom. The van der Waals surface area contributed by atoms with Crippen LogP contribution in [0.3, 0.4) is 0 Å². The molecule has 0 rings (SSSR count). The Kier molecular flexibility index (Phi) is 8.09. The lowest BCUT2D eigenvalue weighted by Crippen LogP contribution is -2.18. The lowest BCUT2D eigenvalue weighted by atomic mass is 11.3. The van der Waals surface area contributed by atoms with Gasteiger partial charge in [-0.15, -0.1) is 0 Å². The van der Waals surface area contributed by atoms with Crippen LogP contribution in [0.15, 0.2) is 0 Å². The van der Waals surface area contributed by atoms with Gasteiger partial charge in [0.1, 0.15) is 21.0 Å². The van der Waals surface area contributed by atoms with Crippen LogP contribution in [0, 0.1) is 0 Å². The van der Waals surface area contributed by atoms with E-state index in [2.05, 4.69) is 10.2 Å². The molecule has 0 spiro atoms. The second kappa shape index (κ2) is 7.66. The van der Waals surface area contributed by atoms with E-state index in [1.54, 1.807) is 14.2 Å². The maximum Gasteiger partial charge on any atom is 0.138 e. The largest absolute Gasteiger partial charge is 0.369 e. The minimum Gasteiger partial charge on any atom is -0.369 e. The number of hydrogen-bond acceptors (Lipinski definition) is 4. The molecule has 0 unspecified atom stereocenters. The zero-order valence-electron chi connectivity index (χ0n) is 6.06. The molecule has 0 bridgehead atoms. The Bertz CT molecular complexity index is 70.3. The van der Waals surface area contributed by atoms with E-state index in [0.717, 1.165) is 0 Å². The molecule has 6 heteroatoms. The molecule has 0 atom stereocenters. The average Bonchev–Trinajstić information content (AvgIpc) is 1.97.